The molecule has 0 aliphatic heterocycles. The largest absolute Gasteiger partial charge is 0.465 e. The van der Waals surface area contributed by atoms with Crippen molar-refractivity contribution in [2.24, 2.45) is 5.92 Å². The topological polar surface area (TPSA) is 108 Å². The molecule has 9 heteroatoms. The SMILES string of the molecule is CCCCCCCCC(CCCCCCCC)OC(=O)CCCCCCC(=O)OC(COC(=O)CCCCCOC(=O)C(CCCCCC)CCCCCCCC)CN(C)C. The van der Waals surface area contributed by atoms with E-state index in [4.69, 9.17) is 18.9 Å². The standard InChI is InChI=1S/C52H99NO8/c1-7-11-15-19-22-29-37-46(36-28-18-14-10-4)52(57)58-43-35-27-34-40-49(54)59-45-48(44-53(5)6)61-51(56)42-33-26-25-32-41-50(55)60-47(38-30-23-20-16-12-8-2)39-31-24-21-17-13-9-3/h46-48H,7-45H2,1-6H3. The van der Waals surface area contributed by atoms with E-state index in [2.05, 4.69) is 27.7 Å². The van der Waals surface area contributed by atoms with Gasteiger partial charge in [-0.15, -0.1) is 0 Å². The predicted octanol–water partition coefficient (Wildman–Crippen LogP) is 14.2. The van der Waals surface area contributed by atoms with Crippen molar-refractivity contribution < 1.29 is 38.1 Å². The van der Waals surface area contributed by atoms with Crippen LogP contribution in [-0.2, 0) is 38.1 Å². The molecule has 0 heterocycles. The number of unbranched alkanes of at least 4 members (excludes halogenated alkanes) is 23. The summed E-state index contributed by atoms with van der Waals surface area (Å²) in [7, 11) is 3.80. The quantitative estimate of drug-likeness (QED) is 0.0336. The number of carbonyl (C=O) groups is 4. The van der Waals surface area contributed by atoms with Gasteiger partial charge >= 0.3 is 23.9 Å². The maximum Gasteiger partial charge on any atom is 0.308 e. The molecule has 0 rings (SSSR count). The van der Waals surface area contributed by atoms with Gasteiger partial charge in [-0.05, 0) is 84.7 Å². The fourth-order valence-corrected chi connectivity index (χ4v) is 7.95. The van der Waals surface area contributed by atoms with Crippen LogP contribution in [0.25, 0.3) is 0 Å². The summed E-state index contributed by atoms with van der Waals surface area (Å²) >= 11 is 0. The average Bonchev–Trinajstić information content (AvgIpc) is 3.23. The molecule has 0 aromatic rings. The van der Waals surface area contributed by atoms with Crippen molar-refractivity contribution in [3.05, 3.63) is 0 Å². The molecule has 360 valence electrons. The van der Waals surface area contributed by atoms with E-state index in [-0.39, 0.29) is 48.9 Å². The number of esters is 4. The Bertz CT molecular complexity index is 1000. The maximum absolute atomic E-state index is 12.9. The maximum atomic E-state index is 12.9. The van der Waals surface area contributed by atoms with Crippen LogP contribution in [0.5, 0.6) is 0 Å². The van der Waals surface area contributed by atoms with E-state index in [1.807, 2.05) is 19.0 Å². The minimum absolute atomic E-state index is 0.00148. The molecule has 2 unspecified atom stereocenters. The number of ether oxygens (including phenoxy) is 4. The molecule has 0 saturated heterocycles. The first-order valence-corrected chi connectivity index (χ1v) is 26.0. The van der Waals surface area contributed by atoms with Gasteiger partial charge in [0.05, 0.1) is 12.5 Å². The third-order valence-corrected chi connectivity index (χ3v) is 11.8. The first kappa shape index (κ1) is 58.8. The molecule has 9 nitrogen and oxygen atoms in total. The number of nitrogens with zero attached hydrogens (tertiary/aromatic N) is 1. The minimum atomic E-state index is -0.535. The summed E-state index contributed by atoms with van der Waals surface area (Å²) in [6, 6.07) is 0. The Morgan fingerprint density at radius 3 is 1.21 bits per heavy atom. The molecule has 0 radical (unpaired) electrons. The first-order chi connectivity index (χ1) is 29.7. The zero-order valence-corrected chi connectivity index (χ0v) is 41.0. The highest BCUT2D eigenvalue weighted by atomic mass is 16.6. The van der Waals surface area contributed by atoms with Gasteiger partial charge in [0, 0.05) is 25.8 Å². The number of hydrogen-bond acceptors (Lipinski definition) is 9. The van der Waals surface area contributed by atoms with Gasteiger partial charge in [0.2, 0.25) is 0 Å². The van der Waals surface area contributed by atoms with Crippen LogP contribution in [0.4, 0.5) is 0 Å². The van der Waals surface area contributed by atoms with Crippen LogP contribution in [0.1, 0.15) is 259 Å². The smallest absolute Gasteiger partial charge is 0.308 e. The molecule has 0 fully saturated rings. The van der Waals surface area contributed by atoms with Gasteiger partial charge in [-0.1, -0.05) is 169 Å². The highest BCUT2D eigenvalue weighted by Crippen LogP contribution is 2.22. The third-order valence-electron chi connectivity index (χ3n) is 11.8. The zero-order valence-electron chi connectivity index (χ0n) is 41.0. The highest BCUT2D eigenvalue weighted by Gasteiger charge is 2.21. The Balaban J connectivity index is 4.41. The van der Waals surface area contributed by atoms with E-state index < -0.39 is 6.10 Å². The van der Waals surface area contributed by atoms with Crippen LogP contribution >= 0.6 is 0 Å². The van der Waals surface area contributed by atoms with Crippen molar-refractivity contribution in [2.45, 2.75) is 271 Å². The Kier molecular flexibility index (Phi) is 42.9. The number of hydrogen-bond donors (Lipinski definition) is 0. The van der Waals surface area contributed by atoms with Crippen LogP contribution in [0, 0.1) is 5.92 Å². The molecule has 2 atom stereocenters. The monoisotopic (exact) mass is 866 g/mol. The van der Waals surface area contributed by atoms with Crippen molar-refractivity contribution in [3.8, 4) is 0 Å². The van der Waals surface area contributed by atoms with Crippen molar-refractivity contribution >= 4 is 23.9 Å². The van der Waals surface area contributed by atoms with Crippen LogP contribution < -0.4 is 0 Å². The molecular formula is C52H99NO8. The molecule has 0 amide bonds. The summed E-state index contributed by atoms with van der Waals surface area (Å²) in [5.74, 6) is -0.735. The van der Waals surface area contributed by atoms with Crippen LogP contribution in [0.15, 0.2) is 0 Å². The van der Waals surface area contributed by atoms with Gasteiger partial charge in [0.25, 0.3) is 0 Å². The molecule has 0 aliphatic rings. The van der Waals surface area contributed by atoms with Crippen molar-refractivity contribution in [1.82, 2.24) is 4.90 Å². The predicted molar refractivity (Wildman–Crippen MR) is 253 cm³/mol. The van der Waals surface area contributed by atoms with Gasteiger partial charge in [-0.2, -0.15) is 0 Å². The van der Waals surface area contributed by atoms with E-state index in [1.165, 1.54) is 116 Å². The van der Waals surface area contributed by atoms with E-state index in [0.29, 0.717) is 38.8 Å². The third kappa shape index (κ3) is 40.4. The lowest BCUT2D eigenvalue weighted by Gasteiger charge is -2.21. The summed E-state index contributed by atoms with van der Waals surface area (Å²) in [6.45, 7) is 9.80. The molecule has 61 heavy (non-hydrogen) atoms. The second-order valence-electron chi connectivity index (χ2n) is 18.3. The van der Waals surface area contributed by atoms with E-state index in [1.54, 1.807) is 0 Å². The van der Waals surface area contributed by atoms with Gasteiger partial charge < -0.3 is 23.8 Å². The van der Waals surface area contributed by atoms with Crippen molar-refractivity contribution in [2.75, 3.05) is 33.9 Å². The second kappa shape index (κ2) is 44.4. The number of rotatable bonds is 46. The molecule has 0 bridgehead atoms. The summed E-state index contributed by atoms with van der Waals surface area (Å²) in [5.41, 5.74) is 0. The normalized spacial score (nSPS) is 12.5. The minimum Gasteiger partial charge on any atom is -0.465 e. The number of likely N-dealkylation sites (N-methyl/N-ethyl adjacent to an activating group) is 1. The summed E-state index contributed by atoms with van der Waals surface area (Å²) in [6.07, 6.45) is 36.5. The van der Waals surface area contributed by atoms with E-state index in [0.717, 1.165) is 83.5 Å². The Morgan fingerprint density at radius 2 is 0.754 bits per heavy atom. The van der Waals surface area contributed by atoms with E-state index >= 15 is 0 Å². The number of carbonyl (C=O) groups excluding carboxylic acids is 4. The van der Waals surface area contributed by atoms with Crippen molar-refractivity contribution in [1.29, 1.82) is 0 Å². The van der Waals surface area contributed by atoms with Crippen molar-refractivity contribution in [3.63, 3.8) is 0 Å². The second-order valence-corrected chi connectivity index (χ2v) is 18.3. The van der Waals surface area contributed by atoms with Gasteiger partial charge in [-0.25, -0.2) is 0 Å². The van der Waals surface area contributed by atoms with Gasteiger partial charge in [-0.3, -0.25) is 19.2 Å². The fraction of sp³-hybridized carbons (Fsp3) is 0.923. The van der Waals surface area contributed by atoms with Gasteiger partial charge in [0.1, 0.15) is 18.8 Å². The van der Waals surface area contributed by atoms with Crippen LogP contribution in [0.3, 0.4) is 0 Å². The van der Waals surface area contributed by atoms with Crippen LogP contribution in [0.2, 0.25) is 0 Å². The fourth-order valence-electron chi connectivity index (χ4n) is 7.95. The molecule has 0 saturated carbocycles. The molecule has 0 spiro atoms. The van der Waals surface area contributed by atoms with E-state index in [9.17, 15) is 19.2 Å². The lowest BCUT2D eigenvalue weighted by Crippen LogP contribution is -2.34. The lowest BCUT2D eigenvalue weighted by atomic mass is 9.94. The van der Waals surface area contributed by atoms with Crippen LogP contribution in [-0.4, -0.2) is 74.8 Å². The lowest BCUT2D eigenvalue weighted by molar-refractivity contribution is -0.160. The zero-order chi connectivity index (χ0) is 45.0. The molecule has 0 N–H and O–H groups in total. The summed E-state index contributed by atoms with van der Waals surface area (Å²) in [5, 5.41) is 0. The Morgan fingerprint density at radius 1 is 0.393 bits per heavy atom. The molecular weight excluding hydrogens is 767 g/mol. The molecule has 0 aromatic carbocycles. The average molecular weight is 866 g/mol. The first-order valence-electron chi connectivity index (χ1n) is 26.0. The highest BCUT2D eigenvalue weighted by molar-refractivity contribution is 5.72. The van der Waals surface area contributed by atoms with Gasteiger partial charge in [0.15, 0.2) is 0 Å². The summed E-state index contributed by atoms with van der Waals surface area (Å²) in [4.78, 5) is 52.8. The Labute approximate surface area is 376 Å². The summed E-state index contributed by atoms with van der Waals surface area (Å²) < 4.78 is 22.9. The molecule has 0 aromatic heterocycles. The Hall–Kier alpha value is -2.16. The molecule has 0 aliphatic carbocycles.